The fourth-order valence-corrected chi connectivity index (χ4v) is 1.01. The van der Waals surface area contributed by atoms with Crippen molar-refractivity contribution in [1.29, 1.82) is 0 Å². The summed E-state index contributed by atoms with van der Waals surface area (Å²) in [7, 11) is 1.61. The zero-order chi connectivity index (χ0) is 12.1. The molecule has 6 heteroatoms. The summed E-state index contributed by atoms with van der Waals surface area (Å²) in [6, 6.07) is 0. The van der Waals surface area contributed by atoms with Crippen molar-refractivity contribution >= 4 is 32.4 Å². The lowest BCUT2D eigenvalue weighted by molar-refractivity contribution is 0.0549. The molecule has 15 heavy (non-hydrogen) atoms. The highest BCUT2D eigenvalue weighted by Crippen LogP contribution is 2.08. The first-order chi connectivity index (χ1) is 6.80. The van der Waals surface area contributed by atoms with E-state index in [4.69, 9.17) is 10.5 Å². The molecule has 0 bridgehead atoms. The number of nitrogens with one attached hydrogen (secondary N) is 1. The third-order valence-corrected chi connectivity index (χ3v) is 2.28. The van der Waals surface area contributed by atoms with Crippen molar-refractivity contribution in [3.05, 3.63) is 11.9 Å². The maximum Gasteiger partial charge on any atom is 0.412 e. The highest BCUT2D eigenvalue weighted by atomic mass is 127. The van der Waals surface area contributed by atoms with Gasteiger partial charge in [-0.15, -0.1) is 0 Å². The van der Waals surface area contributed by atoms with Crippen molar-refractivity contribution < 1.29 is 9.53 Å². The number of hydrogen-bond acceptors (Lipinski definition) is 4. The first kappa shape index (κ1) is 14.2. The fraction of sp³-hybridized carbons (Fsp3) is 0.556. The number of rotatable bonds is 2. The fourth-order valence-electron chi connectivity index (χ4n) is 0.696. The van der Waals surface area contributed by atoms with Gasteiger partial charge in [-0.05, 0) is 43.4 Å². The molecule has 3 N–H and O–H groups in total. The predicted octanol–water partition coefficient (Wildman–Crippen LogP) is 1.77. The number of aliphatic imine (C=N–C) groups is 1. The zero-order valence-corrected chi connectivity index (χ0v) is 11.5. The molecule has 0 radical (unpaired) electrons. The monoisotopic (exact) mass is 325 g/mol. The Morgan fingerprint density at radius 3 is 2.40 bits per heavy atom. The van der Waals surface area contributed by atoms with E-state index in [1.54, 1.807) is 27.8 Å². The molecule has 0 atom stereocenters. The lowest BCUT2D eigenvalue weighted by Crippen LogP contribution is -2.33. The van der Waals surface area contributed by atoms with Crippen LogP contribution < -0.4 is 11.1 Å². The smallest absolute Gasteiger partial charge is 0.412 e. The molecule has 0 aliphatic rings. The third kappa shape index (κ3) is 6.32. The van der Waals surface area contributed by atoms with Gasteiger partial charge in [0.2, 0.25) is 0 Å². The Morgan fingerprint density at radius 1 is 1.53 bits per heavy atom. The van der Waals surface area contributed by atoms with Crippen LogP contribution in [0.15, 0.2) is 16.9 Å². The van der Waals surface area contributed by atoms with Crippen LogP contribution >= 0.6 is 22.6 Å². The van der Waals surface area contributed by atoms with Crippen LogP contribution in [-0.2, 0) is 4.74 Å². The molecule has 0 aliphatic carbocycles. The Labute approximate surface area is 103 Å². The highest BCUT2D eigenvalue weighted by molar-refractivity contribution is 14.1. The van der Waals surface area contributed by atoms with Crippen molar-refractivity contribution in [3.8, 4) is 0 Å². The van der Waals surface area contributed by atoms with E-state index in [0.29, 0.717) is 9.42 Å². The second-order valence-corrected chi connectivity index (χ2v) is 4.74. The van der Waals surface area contributed by atoms with E-state index >= 15 is 0 Å². The molecule has 0 fully saturated rings. The molecular formula is C9H16IN3O2. The SMILES string of the molecule is CN=C(I)C(=CN)NC(=O)OC(C)(C)C. The second-order valence-electron chi connectivity index (χ2n) is 3.72. The average molecular weight is 325 g/mol. The molecule has 0 spiro atoms. The minimum absolute atomic E-state index is 0.437. The van der Waals surface area contributed by atoms with Gasteiger partial charge in [0.25, 0.3) is 0 Å². The topological polar surface area (TPSA) is 76.7 Å². The predicted molar refractivity (Wildman–Crippen MR) is 69.0 cm³/mol. The molecule has 0 aromatic rings. The maximum atomic E-state index is 11.4. The van der Waals surface area contributed by atoms with Crippen molar-refractivity contribution in [2.75, 3.05) is 7.05 Å². The number of ether oxygens (including phenoxy) is 1. The first-order valence-electron chi connectivity index (χ1n) is 4.34. The summed E-state index contributed by atoms with van der Waals surface area (Å²) in [6.45, 7) is 5.37. The molecule has 0 rings (SSSR count). The molecule has 0 saturated heterocycles. The van der Waals surface area contributed by atoms with Crippen LogP contribution in [0.4, 0.5) is 4.79 Å². The normalized spacial score (nSPS) is 13.7. The van der Waals surface area contributed by atoms with Gasteiger partial charge in [0.05, 0.1) is 5.70 Å². The number of nitrogens with zero attached hydrogens (tertiary/aromatic N) is 1. The molecule has 0 heterocycles. The molecule has 5 nitrogen and oxygen atoms in total. The van der Waals surface area contributed by atoms with Crippen molar-refractivity contribution in [2.45, 2.75) is 26.4 Å². The lowest BCUT2D eigenvalue weighted by Gasteiger charge is -2.20. The summed E-state index contributed by atoms with van der Waals surface area (Å²) in [5.41, 5.74) is 5.25. The number of hydrogen-bond donors (Lipinski definition) is 2. The summed E-state index contributed by atoms with van der Waals surface area (Å²) in [6.07, 6.45) is 0.732. The van der Waals surface area contributed by atoms with Crippen LogP contribution in [0.5, 0.6) is 0 Å². The van der Waals surface area contributed by atoms with Gasteiger partial charge in [-0.1, -0.05) is 0 Å². The van der Waals surface area contributed by atoms with E-state index in [1.165, 1.54) is 6.20 Å². The van der Waals surface area contributed by atoms with Crippen LogP contribution in [0, 0.1) is 0 Å². The van der Waals surface area contributed by atoms with E-state index in [9.17, 15) is 4.79 Å². The Kier molecular flexibility index (Phi) is 5.63. The number of allylic oxidation sites excluding steroid dienone is 1. The molecule has 0 aromatic heterocycles. The maximum absolute atomic E-state index is 11.4. The standard InChI is InChI=1S/C9H16IN3O2/c1-9(2,3)15-8(14)13-6(5-11)7(10)12-4/h5H,11H2,1-4H3,(H,13,14). The Morgan fingerprint density at radius 2 is 2.07 bits per heavy atom. The Balaban J connectivity index is 4.41. The van der Waals surface area contributed by atoms with Gasteiger partial charge in [0.1, 0.15) is 9.32 Å². The summed E-state index contributed by atoms with van der Waals surface area (Å²) in [4.78, 5) is 15.3. The van der Waals surface area contributed by atoms with Crippen LogP contribution in [0.1, 0.15) is 20.8 Å². The number of carbonyl (C=O) groups excluding carboxylic acids is 1. The summed E-state index contributed by atoms with van der Waals surface area (Å²) in [5, 5.41) is 2.51. The van der Waals surface area contributed by atoms with Crippen molar-refractivity contribution in [3.63, 3.8) is 0 Å². The Bertz CT molecular complexity index is 292. The summed E-state index contributed by atoms with van der Waals surface area (Å²) >= 11 is 1.97. The van der Waals surface area contributed by atoms with E-state index in [2.05, 4.69) is 10.3 Å². The molecule has 0 unspecified atom stereocenters. The lowest BCUT2D eigenvalue weighted by atomic mass is 10.2. The van der Waals surface area contributed by atoms with E-state index in [0.717, 1.165) is 0 Å². The summed E-state index contributed by atoms with van der Waals surface area (Å²) < 4.78 is 5.67. The van der Waals surface area contributed by atoms with Crippen molar-refractivity contribution in [1.82, 2.24) is 5.32 Å². The van der Waals surface area contributed by atoms with Crippen LogP contribution in [0.2, 0.25) is 0 Å². The highest BCUT2D eigenvalue weighted by Gasteiger charge is 2.17. The molecule has 86 valence electrons. The van der Waals surface area contributed by atoms with Gasteiger partial charge in [-0.25, -0.2) is 4.79 Å². The molecule has 0 aromatic carbocycles. The minimum Gasteiger partial charge on any atom is -0.444 e. The number of alkyl carbamates (subject to hydrolysis) is 1. The number of halogens is 1. The van der Waals surface area contributed by atoms with E-state index in [1.807, 2.05) is 22.6 Å². The Hall–Kier alpha value is -0.790. The second kappa shape index (κ2) is 5.94. The van der Waals surface area contributed by atoms with Gasteiger partial charge in [0.15, 0.2) is 0 Å². The quantitative estimate of drug-likeness (QED) is 0.600. The molecule has 0 aliphatic heterocycles. The van der Waals surface area contributed by atoms with Gasteiger partial charge < -0.3 is 10.5 Å². The summed E-state index contributed by atoms with van der Waals surface area (Å²) in [5.74, 6) is 0. The van der Waals surface area contributed by atoms with Crippen LogP contribution in [0.25, 0.3) is 0 Å². The van der Waals surface area contributed by atoms with Gasteiger partial charge in [0, 0.05) is 13.2 Å². The van der Waals surface area contributed by atoms with Crippen LogP contribution in [-0.4, -0.2) is 22.5 Å². The average Bonchev–Trinajstić information content (AvgIpc) is 2.10. The van der Waals surface area contributed by atoms with Crippen LogP contribution in [0.3, 0.4) is 0 Å². The van der Waals surface area contributed by atoms with Gasteiger partial charge in [-0.2, -0.15) is 0 Å². The largest absolute Gasteiger partial charge is 0.444 e. The minimum atomic E-state index is -0.544. The van der Waals surface area contributed by atoms with E-state index < -0.39 is 11.7 Å². The molecule has 0 saturated carbocycles. The van der Waals surface area contributed by atoms with Crippen molar-refractivity contribution in [2.24, 2.45) is 10.7 Å². The molecule has 1 amide bonds. The van der Waals surface area contributed by atoms with Gasteiger partial charge in [-0.3, -0.25) is 10.3 Å². The number of amides is 1. The van der Waals surface area contributed by atoms with E-state index in [-0.39, 0.29) is 0 Å². The first-order valence-corrected chi connectivity index (χ1v) is 5.42. The number of carbonyl (C=O) groups is 1. The zero-order valence-electron chi connectivity index (χ0n) is 9.30. The third-order valence-electron chi connectivity index (χ3n) is 1.22. The van der Waals surface area contributed by atoms with Gasteiger partial charge >= 0.3 is 6.09 Å². The molecular weight excluding hydrogens is 309 g/mol. The number of nitrogens with two attached hydrogens (primary N) is 1.